The van der Waals surface area contributed by atoms with Crippen LogP contribution < -0.4 is 10.6 Å². The highest BCUT2D eigenvalue weighted by atomic mass is 19.1. The molecule has 1 aromatic rings. The first kappa shape index (κ1) is 14.0. The van der Waals surface area contributed by atoms with Crippen molar-refractivity contribution < 1.29 is 19.1 Å². The van der Waals surface area contributed by atoms with Gasteiger partial charge in [-0.15, -0.1) is 0 Å². The highest BCUT2D eigenvalue weighted by molar-refractivity contribution is 5.89. The van der Waals surface area contributed by atoms with E-state index in [4.69, 9.17) is 5.11 Å². The molecule has 106 valence electrons. The number of aryl methyl sites for hydroxylation is 1. The third-order valence-electron chi connectivity index (χ3n) is 3.02. The van der Waals surface area contributed by atoms with E-state index in [0.717, 1.165) is 0 Å². The van der Waals surface area contributed by atoms with Gasteiger partial charge in [0.1, 0.15) is 5.82 Å². The molecule has 2 amide bonds. The standard InChI is InChI=1S/C14H15FN2O3/c1-8-4-10(15)7-12(5-8)17-14(20)16-11-3-2-9(6-11)13(18)19/h2-5,7,9,11H,6H2,1H3,(H,18,19)(H2,16,17,20). The number of carbonyl (C=O) groups excluding carboxylic acids is 1. The first-order valence-corrected chi connectivity index (χ1v) is 6.20. The Morgan fingerprint density at radius 1 is 1.30 bits per heavy atom. The average Bonchev–Trinajstić information content (AvgIpc) is 2.75. The highest BCUT2D eigenvalue weighted by Gasteiger charge is 2.25. The van der Waals surface area contributed by atoms with Crippen molar-refractivity contribution in [2.45, 2.75) is 19.4 Å². The lowest BCUT2D eigenvalue weighted by Crippen LogP contribution is -2.36. The van der Waals surface area contributed by atoms with Crippen LogP contribution in [0.4, 0.5) is 14.9 Å². The zero-order valence-corrected chi connectivity index (χ0v) is 10.9. The molecule has 2 rings (SSSR count). The minimum Gasteiger partial charge on any atom is -0.481 e. The number of carboxylic acids is 1. The molecule has 1 aliphatic rings. The van der Waals surface area contributed by atoms with Crippen LogP contribution in [0.3, 0.4) is 0 Å². The van der Waals surface area contributed by atoms with Gasteiger partial charge in [0, 0.05) is 5.69 Å². The van der Waals surface area contributed by atoms with Crippen molar-refractivity contribution in [2.24, 2.45) is 5.92 Å². The molecule has 20 heavy (non-hydrogen) atoms. The molecule has 2 atom stereocenters. The van der Waals surface area contributed by atoms with Crippen LogP contribution in [-0.4, -0.2) is 23.1 Å². The van der Waals surface area contributed by atoms with E-state index in [0.29, 0.717) is 17.7 Å². The predicted molar refractivity (Wildman–Crippen MR) is 72.0 cm³/mol. The summed E-state index contributed by atoms with van der Waals surface area (Å²) in [7, 11) is 0. The summed E-state index contributed by atoms with van der Waals surface area (Å²) in [6.45, 7) is 1.73. The van der Waals surface area contributed by atoms with Crippen molar-refractivity contribution in [2.75, 3.05) is 5.32 Å². The summed E-state index contributed by atoms with van der Waals surface area (Å²) >= 11 is 0. The van der Waals surface area contributed by atoms with Crippen LogP contribution in [-0.2, 0) is 4.79 Å². The van der Waals surface area contributed by atoms with Gasteiger partial charge in [0.25, 0.3) is 0 Å². The number of hydrogen-bond acceptors (Lipinski definition) is 2. The van der Waals surface area contributed by atoms with Gasteiger partial charge in [-0.2, -0.15) is 0 Å². The molecule has 3 N–H and O–H groups in total. The number of rotatable bonds is 3. The molecule has 0 radical (unpaired) electrons. The van der Waals surface area contributed by atoms with E-state index in [1.807, 2.05) is 0 Å². The zero-order chi connectivity index (χ0) is 14.7. The lowest BCUT2D eigenvalue weighted by Gasteiger charge is -2.13. The molecule has 6 heteroatoms. The Morgan fingerprint density at radius 3 is 2.65 bits per heavy atom. The number of carbonyl (C=O) groups is 2. The fourth-order valence-corrected chi connectivity index (χ4v) is 2.13. The Morgan fingerprint density at radius 2 is 2.05 bits per heavy atom. The Balaban J connectivity index is 1.90. The van der Waals surface area contributed by atoms with Crippen LogP contribution >= 0.6 is 0 Å². The third kappa shape index (κ3) is 3.57. The number of urea groups is 1. The van der Waals surface area contributed by atoms with E-state index in [1.54, 1.807) is 25.1 Å². The summed E-state index contributed by atoms with van der Waals surface area (Å²) in [4.78, 5) is 22.5. The molecule has 0 heterocycles. The van der Waals surface area contributed by atoms with Gasteiger partial charge in [0.05, 0.1) is 12.0 Å². The molecule has 0 bridgehead atoms. The first-order valence-electron chi connectivity index (χ1n) is 6.20. The van der Waals surface area contributed by atoms with Crippen LogP contribution in [0.1, 0.15) is 12.0 Å². The van der Waals surface area contributed by atoms with Crippen molar-refractivity contribution in [3.63, 3.8) is 0 Å². The van der Waals surface area contributed by atoms with Crippen molar-refractivity contribution in [3.8, 4) is 0 Å². The maximum atomic E-state index is 13.2. The number of halogens is 1. The number of nitrogens with one attached hydrogen (secondary N) is 2. The molecular weight excluding hydrogens is 263 g/mol. The van der Waals surface area contributed by atoms with E-state index in [9.17, 15) is 14.0 Å². The highest BCUT2D eigenvalue weighted by Crippen LogP contribution is 2.18. The summed E-state index contributed by atoms with van der Waals surface area (Å²) in [6, 6.07) is 3.41. The Labute approximate surface area is 115 Å². The monoisotopic (exact) mass is 278 g/mol. The Bertz CT molecular complexity index is 551. The zero-order valence-electron chi connectivity index (χ0n) is 10.9. The maximum Gasteiger partial charge on any atom is 0.319 e. The Hall–Kier alpha value is -2.37. The van der Waals surface area contributed by atoms with Crippen molar-refractivity contribution in [3.05, 3.63) is 41.7 Å². The number of carboxylic acid groups (broad SMARTS) is 1. The van der Waals surface area contributed by atoms with E-state index >= 15 is 0 Å². The van der Waals surface area contributed by atoms with E-state index in [2.05, 4.69) is 10.6 Å². The van der Waals surface area contributed by atoms with Crippen LogP contribution in [0, 0.1) is 18.7 Å². The smallest absolute Gasteiger partial charge is 0.319 e. The third-order valence-corrected chi connectivity index (χ3v) is 3.02. The number of benzene rings is 1. The topological polar surface area (TPSA) is 78.4 Å². The van der Waals surface area contributed by atoms with Gasteiger partial charge < -0.3 is 15.7 Å². The van der Waals surface area contributed by atoms with Crippen LogP contribution in [0.2, 0.25) is 0 Å². The fourth-order valence-electron chi connectivity index (χ4n) is 2.13. The molecule has 2 unspecified atom stereocenters. The molecule has 0 spiro atoms. The molecule has 0 saturated heterocycles. The predicted octanol–water partition coefficient (Wildman–Crippen LogP) is 2.28. The van der Waals surface area contributed by atoms with Gasteiger partial charge in [-0.1, -0.05) is 12.2 Å². The molecule has 1 aromatic carbocycles. The lowest BCUT2D eigenvalue weighted by molar-refractivity contribution is -0.140. The lowest BCUT2D eigenvalue weighted by atomic mass is 10.1. The van der Waals surface area contributed by atoms with E-state index in [1.165, 1.54) is 12.1 Å². The van der Waals surface area contributed by atoms with Crippen LogP contribution in [0.25, 0.3) is 0 Å². The second-order valence-corrected chi connectivity index (χ2v) is 4.79. The SMILES string of the molecule is Cc1cc(F)cc(NC(=O)NC2C=CC(C(=O)O)C2)c1. The second kappa shape index (κ2) is 5.73. The van der Waals surface area contributed by atoms with Gasteiger partial charge in [-0.3, -0.25) is 4.79 Å². The van der Waals surface area contributed by atoms with E-state index < -0.39 is 23.7 Å². The summed E-state index contributed by atoms with van der Waals surface area (Å²) < 4.78 is 13.2. The van der Waals surface area contributed by atoms with Gasteiger partial charge in [-0.25, -0.2) is 9.18 Å². The maximum absolute atomic E-state index is 13.2. The normalized spacial score (nSPS) is 20.7. The first-order chi connectivity index (χ1) is 9.44. The minimum absolute atomic E-state index is 0.324. The Kier molecular flexibility index (Phi) is 4.02. The summed E-state index contributed by atoms with van der Waals surface area (Å²) in [5.74, 6) is -1.91. The number of anilines is 1. The summed E-state index contributed by atoms with van der Waals surface area (Å²) in [5.41, 5.74) is 1.06. The molecule has 0 fully saturated rings. The van der Waals surface area contributed by atoms with Gasteiger partial charge >= 0.3 is 12.0 Å². The summed E-state index contributed by atoms with van der Waals surface area (Å²) in [6.07, 6.45) is 3.53. The van der Waals surface area contributed by atoms with Gasteiger partial charge in [0.2, 0.25) is 0 Å². The molecule has 5 nitrogen and oxygen atoms in total. The van der Waals surface area contributed by atoms with Gasteiger partial charge in [-0.05, 0) is 37.1 Å². The number of amides is 2. The van der Waals surface area contributed by atoms with Crippen LogP contribution in [0.15, 0.2) is 30.4 Å². The van der Waals surface area contributed by atoms with E-state index in [-0.39, 0.29) is 6.04 Å². The summed E-state index contributed by atoms with van der Waals surface area (Å²) in [5, 5.41) is 14.0. The number of hydrogen-bond donors (Lipinski definition) is 3. The molecule has 0 aromatic heterocycles. The van der Waals surface area contributed by atoms with Crippen LogP contribution in [0.5, 0.6) is 0 Å². The number of aliphatic carboxylic acids is 1. The second-order valence-electron chi connectivity index (χ2n) is 4.79. The average molecular weight is 278 g/mol. The fraction of sp³-hybridized carbons (Fsp3) is 0.286. The molecule has 1 aliphatic carbocycles. The quantitative estimate of drug-likeness (QED) is 0.742. The largest absolute Gasteiger partial charge is 0.481 e. The minimum atomic E-state index is -0.910. The van der Waals surface area contributed by atoms with Crippen molar-refractivity contribution in [1.82, 2.24) is 5.32 Å². The van der Waals surface area contributed by atoms with Crippen molar-refractivity contribution >= 4 is 17.7 Å². The van der Waals surface area contributed by atoms with Gasteiger partial charge in [0.15, 0.2) is 0 Å². The molecule has 0 aliphatic heterocycles. The van der Waals surface area contributed by atoms with Crippen molar-refractivity contribution in [1.29, 1.82) is 0 Å². The molecule has 0 saturated carbocycles. The molecular formula is C14H15FN2O3.